The monoisotopic (exact) mass is 394 g/mol. The first-order chi connectivity index (χ1) is 14.2. The Hall–Kier alpha value is -3.29. The number of aromatic nitrogens is 2. The zero-order valence-electron chi connectivity index (χ0n) is 16.8. The zero-order chi connectivity index (χ0) is 20.2. The molecule has 1 aromatic carbocycles. The average molecular weight is 394 g/mol. The SMILES string of the molecule is CN=C(NCCc1cc2ccccc2o1)N1CCN(c2nccn(C)c2=O)CC1. The Morgan fingerprint density at radius 2 is 2.03 bits per heavy atom. The van der Waals surface area contributed by atoms with Crippen molar-refractivity contribution >= 4 is 22.7 Å². The highest BCUT2D eigenvalue weighted by Gasteiger charge is 2.22. The normalized spacial score (nSPS) is 15.2. The number of para-hydroxylation sites is 1. The van der Waals surface area contributed by atoms with Gasteiger partial charge in [0, 0.05) is 71.0 Å². The van der Waals surface area contributed by atoms with Gasteiger partial charge >= 0.3 is 0 Å². The van der Waals surface area contributed by atoms with E-state index in [-0.39, 0.29) is 5.56 Å². The lowest BCUT2D eigenvalue weighted by Gasteiger charge is -2.36. The third-order valence-electron chi connectivity index (χ3n) is 5.22. The highest BCUT2D eigenvalue weighted by atomic mass is 16.3. The Balaban J connectivity index is 1.31. The van der Waals surface area contributed by atoms with Crippen LogP contribution in [0.3, 0.4) is 0 Å². The topological polar surface area (TPSA) is 78.9 Å². The van der Waals surface area contributed by atoms with Crippen molar-refractivity contribution in [1.29, 1.82) is 0 Å². The molecule has 29 heavy (non-hydrogen) atoms. The Kier molecular flexibility index (Phi) is 5.50. The summed E-state index contributed by atoms with van der Waals surface area (Å²) in [7, 11) is 3.54. The number of benzene rings is 1. The Morgan fingerprint density at radius 3 is 2.79 bits per heavy atom. The molecule has 4 rings (SSSR count). The minimum absolute atomic E-state index is 0.0608. The van der Waals surface area contributed by atoms with Crippen LogP contribution in [-0.4, -0.2) is 60.2 Å². The van der Waals surface area contributed by atoms with E-state index in [1.807, 2.05) is 23.1 Å². The van der Waals surface area contributed by atoms with Crippen molar-refractivity contribution < 1.29 is 4.42 Å². The molecule has 0 radical (unpaired) electrons. The molecule has 1 saturated heterocycles. The molecule has 0 bridgehead atoms. The second-order valence-electron chi connectivity index (χ2n) is 7.12. The highest BCUT2D eigenvalue weighted by molar-refractivity contribution is 5.80. The summed E-state index contributed by atoms with van der Waals surface area (Å²) in [6.45, 7) is 3.77. The number of hydrogen-bond donors (Lipinski definition) is 1. The van der Waals surface area contributed by atoms with Crippen LogP contribution >= 0.6 is 0 Å². The molecule has 3 heterocycles. The summed E-state index contributed by atoms with van der Waals surface area (Å²) >= 11 is 0. The number of nitrogens with zero attached hydrogens (tertiary/aromatic N) is 5. The van der Waals surface area contributed by atoms with Gasteiger partial charge in [-0.05, 0) is 12.1 Å². The van der Waals surface area contributed by atoms with Crippen molar-refractivity contribution in [2.75, 3.05) is 44.7 Å². The maximum atomic E-state index is 12.3. The lowest BCUT2D eigenvalue weighted by Crippen LogP contribution is -2.53. The number of furan rings is 1. The number of aliphatic imine (C=N–C) groups is 1. The highest BCUT2D eigenvalue weighted by Crippen LogP contribution is 2.18. The molecule has 3 aromatic rings. The van der Waals surface area contributed by atoms with Crippen LogP contribution in [0.1, 0.15) is 5.76 Å². The van der Waals surface area contributed by atoms with E-state index in [1.165, 1.54) is 0 Å². The van der Waals surface area contributed by atoms with E-state index < -0.39 is 0 Å². The fourth-order valence-electron chi connectivity index (χ4n) is 3.62. The van der Waals surface area contributed by atoms with Gasteiger partial charge in [-0.3, -0.25) is 9.79 Å². The first-order valence-corrected chi connectivity index (χ1v) is 9.85. The Morgan fingerprint density at radius 1 is 1.24 bits per heavy atom. The minimum atomic E-state index is -0.0608. The van der Waals surface area contributed by atoms with E-state index in [0.717, 1.165) is 61.8 Å². The van der Waals surface area contributed by atoms with Gasteiger partial charge in [0.25, 0.3) is 5.56 Å². The van der Waals surface area contributed by atoms with Crippen LogP contribution in [0.25, 0.3) is 11.0 Å². The molecular formula is C21H26N6O2. The van der Waals surface area contributed by atoms with Gasteiger partial charge in [0.2, 0.25) is 0 Å². The lowest BCUT2D eigenvalue weighted by atomic mass is 10.2. The number of guanidine groups is 1. The quantitative estimate of drug-likeness (QED) is 0.533. The minimum Gasteiger partial charge on any atom is -0.461 e. The maximum absolute atomic E-state index is 12.3. The van der Waals surface area contributed by atoms with Gasteiger partial charge < -0.3 is 24.1 Å². The van der Waals surface area contributed by atoms with Crippen LogP contribution < -0.4 is 15.8 Å². The molecule has 1 fully saturated rings. The molecule has 1 aliphatic rings. The van der Waals surface area contributed by atoms with Gasteiger partial charge in [-0.2, -0.15) is 0 Å². The largest absolute Gasteiger partial charge is 0.461 e. The van der Waals surface area contributed by atoms with Crippen LogP contribution in [-0.2, 0) is 13.5 Å². The molecule has 0 spiro atoms. The maximum Gasteiger partial charge on any atom is 0.293 e. The molecule has 1 N–H and O–H groups in total. The summed E-state index contributed by atoms with van der Waals surface area (Å²) < 4.78 is 7.44. The summed E-state index contributed by atoms with van der Waals surface area (Å²) in [5.41, 5.74) is 0.859. The van der Waals surface area contributed by atoms with Crippen LogP contribution in [0.15, 0.2) is 56.9 Å². The van der Waals surface area contributed by atoms with Crippen LogP contribution in [0, 0.1) is 0 Å². The molecule has 8 nitrogen and oxygen atoms in total. The molecule has 2 aromatic heterocycles. The first kappa shape index (κ1) is 19.0. The number of rotatable bonds is 4. The predicted octanol–water partition coefficient (Wildman–Crippen LogP) is 1.47. The van der Waals surface area contributed by atoms with E-state index >= 15 is 0 Å². The third-order valence-corrected chi connectivity index (χ3v) is 5.22. The molecule has 152 valence electrons. The van der Waals surface area contributed by atoms with Crippen molar-refractivity contribution in [3.05, 3.63) is 58.8 Å². The van der Waals surface area contributed by atoms with Crippen molar-refractivity contribution in [3.8, 4) is 0 Å². The fourth-order valence-corrected chi connectivity index (χ4v) is 3.62. The summed E-state index contributed by atoms with van der Waals surface area (Å²) in [6, 6.07) is 10.1. The first-order valence-electron chi connectivity index (χ1n) is 9.85. The van der Waals surface area contributed by atoms with Gasteiger partial charge in [-0.25, -0.2) is 4.98 Å². The van der Waals surface area contributed by atoms with Crippen LogP contribution in [0.4, 0.5) is 5.82 Å². The number of nitrogens with one attached hydrogen (secondary N) is 1. The van der Waals surface area contributed by atoms with Gasteiger partial charge in [0.15, 0.2) is 11.8 Å². The van der Waals surface area contributed by atoms with E-state index in [0.29, 0.717) is 5.82 Å². The van der Waals surface area contributed by atoms with Crippen molar-refractivity contribution in [3.63, 3.8) is 0 Å². The molecular weight excluding hydrogens is 368 g/mol. The molecule has 0 atom stereocenters. The average Bonchev–Trinajstić information content (AvgIpc) is 3.16. The van der Waals surface area contributed by atoms with Gasteiger partial charge in [0.05, 0.1) is 0 Å². The van der Waals surface area contributed by atoms with E-state index in [1.54, 1.807) is 31.1 Å². The number of piperazine rings is 1. The second kappa shape index (κ2) is 8.38. The van der Waals surface area contributed by atoms with Gasteiger partial charge in [-0.15, -0.1) is 0 Å². The van der Waals surface area contributed by atoms with Gasteiger partial charge in [-0.1, -0.05) is 18.2 Å². The van der Waals surface area contributed by atoms with Crippen LogP contribution in [0.5, 0.6) is 0 Å². The summed E-state index contributed by atoms with van der Waals surface area (Å²) in [5, 5.41) is 4.55. The molecule has 8 heteroatoms. The Labute approximate surface area is 169 Å². The van der Waals surface area contributed by atoms with E-state index in [2.05, 4.69) is 32.3 Å². The second-order valence-corrected chi connectivity index (χ2v) is 7.12. The number of hydrogen-bond acceptors (Lipinski definition) is 5. The molecule has 0 amide bonds. The zero-order valence-corrected chi connectivity index (χ0v) is 16.8. The van der Waals surface area contributed by atoms with Crippen LogP contribution in [0.2, 0.25) is 0 Å². The molecule has 1 aliphatic heterocycles. The molecule has 0 saturated carbocycles. The standard InChI is InChI=1S/C21H26N6O2/c1-22-21(24-8-7-17-15-16-5-3-4-6-18(16)29-17)27-13-11-26(12-14-27)19-20(28)25(2)10-9-23-19/h3-6,9-10,15H,7-8,11-14H2,1-2H3,(H,22,24). The van der Waals surface area contributed by atoms with Crippen molar-refractivity contribution in [1.82, 2.24) is 19.8 Å². The van der Waals surface area contributed by atoms with Crippen molar-refractivity contribution in [2.24, 2.45) is 12.0 Å². The fraction of sp³-hybridized carbons (Fsp3) is 0.381. The van der Waals surface area contributed by atoms with Crippen molar-refractivity contribution in [2.45, 2.75) is 6.42 Å². The lowest BCUT2D eigenvalue weighted by molar-refractivity contribution is 0.370. The third kappa shape index (κ3) is 4.11. The molecule has 0 aliphatic carbocycles. The van der Waals surface area contributed by atoms with Gasteiger partial charge in [0.1, 0.15) is 11.3 Å². The van der Waals surface area contributed by atoms with E-state index in [4.69, 9.17) is 4.42 Å². The smallest absolute Gasteiger partial charge is 0.293 e. The summed E-state index contributed by atoms with van der Waals surface area (Å²) in [4.78, 5) is 25.2. The summed E-state index contributed by atoms with van der Waals surface area (Å²) in [6.07, 6.45) is 4.13. The number of aryl methyl sites for hydroxylation is 1. The van der Waals surface area contributed by atoms with E-state index in [9.17, 15) is 4.79 Å². The number of anilines is 1. The summed E-state index contributed by atoms with van der Waals surface area (Å²) in [5.74, 6) is 2.35. The number of fused-ring (bicyclic) bond motifs is 1. The predicted molar refractivity (Wildman–Crippen MR) is 115 cm³/mol. The molecule has 0 unspecified atom stereocenters. The Bertz CT molecular complexity index is 1030.